The van der Waals surface area contributed by atoms with Crippen LogP contribution in [-0.4, -0.2) is 33.2 Å². The van der Waals surface area contributed by atoms with Gasteiger partial charge < -0.3 is 23.4 Å². The maximum Gasteiger partial charge on any atom is 0.519 e. The molecule has 39 heavy (non-hydrogen) atoms. The van der Waals surface area contributed by atoms with Crippen molar-refractivity contribution in [2.24, 2.45) is 0 Å². The average Bonchev–Trinajstić information content (AvgIpc) is 3.45. The maximum atomic E-state index is 13.1. The fourth-order valence-corrected chi connectivity index (χ4v) is 4.32. The van der Waals surface area contributed by atoms with Gasteiger partial charge in [0, 0.05) is 0 Å². The van der Waals surface area contributed by atoms with Crippen molar-refractivity contribution >= 4 is 23.0 Å². The van der Waals surface area contributed by atoms with Crippen LogP contribution in [0.25, 0.3) is 22.2 Å². The highest BCUT2D eigenvalue weighted by Gasteiger charge is 2.21. The first-order valence-electron chi connectivity index (χ1n) is 12.2. The summed E-state index contributed by atoms with van der Waals surface area (Å²) in [7, 11) is 0. The molecule has 2 heterocycles. The van der Waals surface area contributed by atoms with Gasteiger partial charge in [-0.05, 0) is 48.7 Å². The zero-order valence-electron chi connectivity index (χ0n) is 21.2. The molecule has 0 unspecified atom stereocenters. The van der Waals surface area contributed by atoms with Gasteiger partial charge in [-0.25, -0.2) is 14.4 Å². The van der Waals surface area contributed by atoms with Crippen molar-refractivity contribution in [3.05, 3.63) is 106 Å². The molecule has 0 bridgehead atoms. The summed E-state index contributed by atoms with van der Waals surface area (Å²) >= 11 is 0. The van der Waals surface area contributed by atoms with Crippen LogP contribution in [0.4, 0.5) is 0 Å². The van der Waals surface area contributed by atoms with Gasteiger partial charge in [0.05, 0.1) is 35.3 Å². The number of aromatic nitrogens is 2. The summed E-state index contributed by atoms with van der Waals surface area (Å²) in [5, 5.41) is 9.54. The van der Waals surface area contributed by atoms with Gasteiger partial charge >= 0.3 is 17.8 Å². The highest BCUT2D eigenvalue weighted by atomic mass is 16.6. The molecule has 0 aliphatic rings. The van der Waals surface area contributed by atoms with E-state index in [0.29, 0.717) is 35.8 Å². The van der Waals surface area contributed by atoms with Gasteiger partial charge in [-0.1, -0.05) is 48.5 Å². The molecule has 0 fully saturated rings. The molecule has 0 radical (unpaired) electrons. The molecule has 0 amide bonds. The molecule has 198 valence electrons. The normalized spacial score (nSPS) is 11.0. The van der Waals surface area contributed by atoms with Crippen molar-refractivity contribution in [2.45, 2.75) is 27.0 Å². The van der Waals surface area contributed by atoms with Gasteiger partial charge in [0.1, 0.15) is 0 Å². The molecular formula is C29H24N2O8. The van der Waals surface area contributed by atoms with Crippen molar-refractivity contribution in [1.29, 1.82) is 0 Å². The summed E-state index contributed by atoms with van der Waals surface area (Å²) in [5.41, 5.74) is 3.82. The first kappa shape index (κ1) is 25.5. The Balaban J connectivity index is 1.47. The Morgan fingerprint density at radius 3 is 2.41 bits per heavy atom. The molecule has 0 saturated carbocycles. The van der Waals surface area contributed by atoms with Crippen LogP contribution in [0.3, 0.4) is 0 Å². The van der Waals surface area contributed by atoms with E-state index in [1.54, 1.807) is 54.0 Å². The molecule has 0 aliphatic heterocycles. The number of aryl methyl sites for hydroxylation is 1. The van der Waals surface area contributed by atoms with Crippen LogP contribution >= 0.6 is 0 Å². The smallest absolute Gasteiger partial charge is 0.478 e. The standard InChI is InChI=1S/C29H24N2O8/c1-3-36-28-30-23-10-6-9-22(27(34)37-16-24-17(2)38-29(35)39-24)25(23)31(28)15-18-11-13-19(14-12-18)20-7-4-5-8-21(20)26(32)33/h4-14H,3,15-16H2,1-2H3,(H,32,33). The number of carboxylic acid groups (broad SMARTS) is 1. The average molecular weight is 529 g/mol. The lowest BCUT2D eigenvalue weighted by molar-refractivity contribution is 0.0444. The van der Waals surface area contributed by atoms with E-state index in [-0.39, 0.29) is 29.3 Å². The summed E-state index contributed by atoms with van der Waals surface area (Å²) in [4.78, 5) is 40.6. The van der Waals surface area contributed by atoms with Gasteiger partial charge in [0.2, 0.25) is 0 Å². The van der Waals surface area contributed by atoms with Crippen LogP contribution in [0.1, 0.15) is 44.7 Å². The van der Waals surface area contributed by atoms with Crippen LogP contribution in [0.2, 0.25) is 0 Å². The van der Waals surface area contributed by atoms with Gasteiger partial charge in [-0.3, -0.25) is 4.57 Å². The highest BCUT2D eigenvalue weighted by Crippen LogP contribution is 2.29. The Bertz CT molecular complexity index is 1730. The van der Waals surface area contributed by atoms with Gasteiger partial charge in [-0.15, -0.1) is 0 Å². The van der Waals surface area contributed by atoms with Crippen molar-refractivity contribution in [2.75, 3.05) is 6.61 Å². The second-order valence-electron chi connectivity index (χ2n) is 8.64. The number of carbonyl (C=O) groups is 2. The number of hydrogen-bond donors (Lipinski definition) is 1. The fourth-order valence-electron chi connectivity index (χ4n) is 4.32. The first-order valence-corrected chi connectivity index (χ1v) is 12.2. The van der Waals surface area contributed by atoms with Crippen molar-refractivity contribution in [1.82, 2.24) is 9.55 Å². The van der Waals surface area contributed by atoms with Crippen LogP contribution in [0, 0.1) is 6.92 Å². The summed E-state index contributed by atoms with van der Waals surface area (Å²) in [6.45, 7) is 3.82. The summed E-state index contributed by atoms with van der Waals surface area (Å²) in [6, 6.07) is 19.7. The molecular weight excluding hydrogens is 504 g/mol. The van der Waals surface area contributed by atoms with Crippen molar-refractivity contribution in [3.8, 4) is 17.1 Å². The van der Waals surface area contributed by atoms with E-state index in [1.165, 1.54) is 0 Å². The molecule has 0 spiro atoms. The molecule has 0 aliphatic carbocycles. The van der Waals surface area contributed by atoms with Crippen LogP contribution < -0.4 is 10.6 Å². The van der Waals surface area contributed by atoms with E-state index in [9.17, 15) is 19.5 Å². The van der Waals surface area contributed by atoms with Gasteiger partial charge in [0.15, 0.2) is 18.1 Å². The summed E-state index contributed by atoms with van der Waals surface area (Å²) in [6.07, 6.45) is 0. The van der Waals surface area contributed by atoms with E-state index in [1.807, 2.05) is 31.2 Å². The third-order valence-corrected chi connectivity index (χ3v) is 6.16. The quantitative estimate of drug-likeness (QED) is 0.261. The molecule has 5 aromatic rings. The Morgan fingerprint density at radius 2 is 1.72 bits per heavy atom. The molecule has 10 heteroatoms. The molecule has 0 atom stereocenters. The number of aromatic carboxylic acids is 1. The largest absolute Gasteiger partial charge is 0.519 e. The van der Waals surface area contributed by atoms with Crippen LogP contribution in [0.15, 0.2) is 80.4 Å². The third kappa shape index (κ3) is 5.17. The second kappa shape index (κ2) is 10.7. The Labute approximate surface area is 222 Å². The number of imidazole rings is 1. The number of fused-ring (bicyclic) bond motifs is 1. The van der Waals surface area contributed by atoms with E-state index in [0.717, 1.165) is 11.1 Å². The second-order valence-corrected chi connectivity index (χ2v) is 8.64. The Kier molecular flexibility index (Phi) is 7.00. The lowest BCUT2D eigenvalue weighted by Gasteiger charge is -2.12. The number of hydrogen-bond acceptors (Lipinski definition) is 8. The summed E-state index contributed by atoms with van der Waals surface area (Å²) < 4.78 is 22.7. The number of benzene rings is 3. The minimum Gasteiger partial charge on any atom is -0.478 e. The lowest BCUT2D eigenvalue weighted by Crippen LogP contribution is -2.10. The predicted octanol–water partition coefficient (Wildman–Crippen LogP) is 5.06. The number of rotatable bonds is 9. The van der Waals surface area contributed by atoms with E-state index in [2.05, 4.69) is 4.98 Å². The van der Waals surface area contributed by atoms with Crippen LogP contribution in [0.5, 0.6) is 6.01 Å². The molecule has 10 nitrogen and oxygen atoms in total. The van der Waals surface area contributed by atoms with Gasteiger partial charge in [-0.2, -0.15) is 4.98 Å². The minimum absolute atomic E-state index is 0.133. The monoisotopic (exact) mass is 528 g/mol. The molecule has 2 aromatic heterocycles. The minimum atomic E-state index is -0.995. The number of carbonyl (C=O) groups excluding carboxylic acids is 1. The summed E-state index contributed by atoms with van der Waals surface area (Å²) in [5.74, 6) is -2.12. The molecule has 1 N–H and O–H groups in total. The lowest BCUT2D eigenvalue weighted by atomic mass is 9.99. The zero-order valence-corrected chi connectivity index (χ0v) is 21.2. The number of esters is 1. The SMILES string of the molecule is CCOc1nc2cccc(C(=O)OCc3oc(=O)oc3C)c2n1Cc1ccc(-c2ccccc2C(=O)O)cc1. The number of carboxylic acids is 1. The van der Waals surface area contributed by atoms with E-state index < -0.39 is 17.8 Å². The number of ether oxygens (including phenoxy) is 2. The number of para-hydroxylation sites is 1. The Morgan fingerprint density at radius 1 is 0.974 bits per heavy atom. The highest BCUT2D eigenvalue weighted by molar-refractivity contribution is 6.02. The van der Waals surface area contributed by atoms with Gasteiger partial charge in [0.25, 0.3) is 6.01 Å². The van der Waals surface area contributed by atoms with Crippen molar-refractivity contribution in [3.63, 3.8) is 0 Å². The Hall–Kier alpha value is -5.12. The van der Waals surface area contributed by atoms with Crippen LogP contribution in [-0.2, 0) is 17.9 Å². The zero-order chi connectivity index (χ0) is 27.5. The number of nitrogens with zero attached hydrogens (tertiary/aromatic N) is 2. The van der Waals surface area contributed by atoms with Crippen molar-refractivity contribution < 1.29 is 33.0 Å². The molecule has 0 saturated heterocycles. The van der Waals surface area contributed by atoms with E-state index >= 15 is 0 Å². The fraction of sp³-hybridized carbons (Fsp3) is 0.172. The third-order valence-electron chi connectivity index (χ3n) is 6.16. The molecule has 5 rings (SSSR count). The topological polar surface area (TPSA) is 134 Å². The molecule has 3 aromatic carbocycles. The van der Waals surface area contributed by atoms with E-state index in [4.69, 9.17) is 18.3 Å². The first-order chi connectivity index (χ1) is 18.9. The predicted molar refractivity (Wildman–Crippen MR) is 140 cm³/mol. The maximum absolute atomic E-state index is 13.1.